The van der Waals surface area contributed by atoms with Crippen LogP contribution in [0.25, 0.3) is 0 Å². The zero-order valence-electron chi connectivity index (χ0n) is 11.2. The zero-order chi connectivity index (χ0) is 13.1. The van der Waals surface area contributed by atoms with Gasteiger partial charge in [-0.3, -0.25) is 4.90 Å². The number of piperazine rings is 1. The quantitative estimate of drug-likeness (QED) is 0.930. The second-order valence-corrected chi connectivity index (χ2v) is 6.01. The summed E-state index contributed by atoms with van der Waals surface area (Å²) in [5, 5.41) is 0. The lowest BCUT2D eigenvalue weighted by Gasteiger charge is -2.38. The van der Waals surface area contributed by atoms with Crippen LogP contribution in [0.5, 0.6) is 0 Å². The summed E-state index contributed by atoms with van der Waals surface area (Å²) >= 11 is 3.51. The maximum absolute atomic E-state index is 5.84. The summed E-state index contributed by atoms with van der Waals surface area (Å²) in [6.07, 6.45) is 0. The van der Waals surface area contributed by atoms with Gasteiger partial charge >= 0.3 is 0 Å². The van der Waals surface area contributed by atoms with Gasteiger partial charge in [-0.15, -0.1) is 0 Å². The molecule has 1 aliphatic heterocycles. The van der Waals surface area contributed by atoms with E-state index in [2.05, 4.69) is 57.8 Å². The Morgan fingerprint density at radius 3 is 2.44 bits per heavy atom. The molecule has 1 fully saturated rings. The predicted octanol–water partition coefficient (Wildman–Crippen LogP) is 2.44. The summed E-state index contributed by atoms with van der Waals surface area (Å²) in [4.78, 5) is 4.98. The molecular formula is C14H22BrN3. The fraction of sp³-hybridized carbons (Fsp3) is 0.571. The predicted molar refractivity (Wildman–Crippen MR) is 81.0 cm³/mol. The van der Waals surface area contributed by atoms with Crippen molar-refractivity contribution in [1.29, 1.82) is 0 Å². The molecule has 2 N–H and O–H groups in total. The van der Waals surface area contributed by atoms with E-state index in [1.807, 2.05) is 0 Å². The van der Waals surface area contributed by atoms with Crippen molar-refractivity contribution in [2.75, 3.05) is 31.1 Å². The second kappa shape index (κ2) is 6.04. The summed E-state index contributed by atoms with van der Waals surface area (Å²) in [5.41, 5.74) is 8.36. The van der Waals surface area contributed by atoms with Crippen LogP contribution in [0.15, 0.2) is 22.7 Å². The summed E-state index contributed by atoms with van der Waals surface area (Å²) in [6, 6.07) is 7.05. The molecule has 0 aromatic heterocycles. The minimum absolute atomic E-state index is 0.596. The summed E-state index contributed by atoms with van der Waals surface area (Å²) in [5.74, 6) is 0. The van der Waals surface area contributed by atoms with Crippen molar-refractivity contribution >= 4 is 21.6 Å². The number of rotatable bonds is 3. The number of hydrogen-bond acceptors (Lipinski definition) is 3. The molecule has 18 heavy (non-hydrogen) atoms. The Bertz CT molecular complexity index is 398. The van der Waals surface area contributed by atoms with Gasteiger partial charge in [0, 0.05) is 48.9 Å². The average molecular weight is 312 g/mol. The van der Waals surface area contributed by atoms with E-state index in [1.165, 1.54) is 11.3 Å². The molecule has 1 aliphatic rings. The first kappa shape index (κ1) is 13.8. The highest BCUT2D eigenvalue weighted by Gasteiger charge is 2.20. The maximum atomic E-state index is 5.84. The molecule has 1 aromatic carbocycles. The number of hydrogen-bond donors (Lipinski definition) is 1. The Morgan fingerprint density at radius 2 is 1.89 bits per heavy atom. The summed E-state index contributed by atoms with van der Waals surface area (Å²) in [6.45, 7) is 9.58. The van der Waals surface area contributed by atoms with Gasteiger partial charge in [0.1, 0.15) is 0 Å². The van der Waals surface area contributed by atoms with E-state index < -0.39 is 0 Å². The second-order valence-electron chi connectivity index (χ2n) is 5.09. The Hall–Kier alpha value is -0.580. The van der Waals surface area contributed by atoms with Crippen molar-refractivity contribution in [3.8, 4) is 0 Å². The van der Waals surface area contributed by atoms with E-state index in [9.17, 15) is 0 Å². The van der Waals surface area contributed by atoms with Crippen molar-refractivity contribution in [2.24, 2.45) is 5.73 Å². The Morgan fingerprint density at radius 1 is 1.22 bits per heavy atom. The van der Waals surface area contributed by atoms with Crippen LogP contribution < -0.4 is 10.6 Å². The van der Waals surface area contributed by atoms with Crippen LogP contribution in [0.3, 0.4) is 0 Å². The first-order valence-electron chi connectivity index (χ1n) is 6.59. The lowest BCUT2D eigenvalue weighted by Crippen LogP contribution is -2.49. The number of halogens is 1. The van der Waals surface area contributed by atoms with Gasteiger partial charge in [-0.25, -0.2) is 0 Å². The third-order valence-corrected chi connectivity index (χ3v) is 4.14. The third kappa shape index (κ3) is 3.05. The topological polar surface area (TPSA) is 32.5 Å². The summed E-state index contributed by atoms with van der Waals surface area (Å²) < 4.78 is 1.10. The van der Waals surface area contributed by atoms with Crippen LogP contribution >= 0.6 is 15.9 Å². The van der Waals surface area contributed by atoms with E-state index in [4.69, 9.17) is 5.73 Å². The van der Waals surface area contributed by atoms with Gasteiger partial charge in [0.15, 0.2) is 0 Å². The molecule has 0 aliphatic carbocycles. The smallest absolute Gasteiger partial charge is 0.0413 e. The molecule has 0 amide bonds. The van der Waals surface area contributed by atoms with Crippen molar-refractivity contribution in [1.82, 2.24) is 4.90 Å². The zero-order valence-corrected chi connectivity index (χ0v) is 12.8. The molecule has 0 spiro atoms. The van der Waals surface area contributed by atoms with Gasteiger partial charge in [-0.05, 0) is 37.6 Å². The van der Waals surface area contributed by atoms with Crippen molar-refractivity contribution in [3.05, 3.63) is 28.2 Å². The first-order chi connectivity index (χ1) is 8.61. The monoisotopic (exact) mass is 311 g/mol. The van der Waals surface area contributed by atoms with Crippen LogP contribution in [0.4, 0.5) is 5.69 Å². The van der Waals surface area contributed by atoms with Crippen molar-refractivity contribution < 1.29 is 0 Å². The van der Waals surface area contributed by atoms with Crippen LogP contribution in [0, 0.1) is 0 Å². The van der Waals surface area contributed by atoms with E-state index in [0.717, 1.165) is 30.7 Å². The third-order valence-electron chi connectivity index (χ3n) is 3.65. The van der Waals surface area contributed by atoms with E-state index >= 15 is 0 Å². The van der Waals surface area contributed by atoms with Crippen LogP contribution in [0.2, 0.25) is 0 Å². The highest BCUT2D eigenvalue weighted by molar-refractivity contribution is 9.10. The van der Waals surface area contributed by atoms with E-state index in [-0.39, 0.29) is 0 Å². The van der Waals surface area contributed by atoms with Gasteiger partial charge in [0.2, 0.25) is 0 Å². The van der Waals surface area contributed by atoms with Gasteiger partial charge in [-0.2, -0.15) is 0 Å². The Labute approximate surface area is 118 Å². The van der Waals surface area contributed by atoms with Gasteiger partial charge in [-0.1, -0.05) is 15.9 Å². The average Bonchev–Trinajstić information content (AvgIpc) is 2.38. The Kier molecular flexibility index (Phi) is 4.65. The van der Waals surface area contributed by atoms with Gasteiger partial charge in [0.05, 0.1) is 0 Å². The standard InChI is InChI=1S/C14H22BrN3/c1-11(2)17-5-7-18(8-6-17)14-4-3-13(15)9-12(14)10-16/h3-4,9,11H,5-8,10,16H2,1-2H3. The molecular weight excluding hydrogens is 290 g/mol. The summed E-state index contributed by atoms with van der Waals surface area (Å²) in [7, 11) is 0. The molecule has 1 aromatic rings. The van der Waals surface area contributed by atoms with Crippen molar-refractivity contribution in [3.63, 3.8) is 0 Å². The molecule has 0 radical (unpaired) electrons. The molecule has 1 heterocycles. The molecule has 4 heteroatoms. The first-order valence-corrected chi connectivity index (χ1v) is 7.38. The lowest BCUT2D eigenvalue weighted by molar-refractivity contribution is 0.209. The molecule has 3 nitrogen and oxygen atoms in total. The van der Waals surface area contributed by atoms with Crippen molar-refractivity contribution in [2.45, 2.75) is 26.4 Å². The fourth-order valence-corrected chi connectivity index (χ4v) is 2.91. The van der Waals surface area contributed by atoms with E-state index in [0.29, 0.717) is 12.6 Å². The number of benzene rings is 1. The molecule has 0 unspecified atom stereocenters. The molecule has 1 saturated heterocycles. The SMILES string of the molecule is CC(C)N1CCN(c2ccc(Br)cc2CN)CC1. The molecule has 2 rings (SSSR count). The molecule has 0 saturated carbocycles. The van der Waals surface area contributed by atoms with Gasteiger partial charge < -0.3 is 10.6 Å². The lowest BCUT2D eigenvalue weighted by atomic mass is 10.1. The maximum Gasteiger partial charge on any atom is 0.0413 e. The van der Waals surface area contributed by atoms with E-state index in [1.54, 1.807) is 0 Å². The minimum Gasteiger partial charge on any atom is -0.369 e. The fourth-order valence-electron chi connectivity index (χ4n) is 2.51. The Balaban J connectivity index is 2.09. The normalized spacial score (nSPS) is 17.5. The largest absolute Gasteiger partial charge is 0.369 e. The minimum atomic E-state index is 0.596. The van der Waals surface area contributed by atoms with Crippen LogP contribution in [0.1, 0.15) is 19.4 Å². The number of nitrogens with zero attached hydrogens (tertiary/aromatic N) is 2. The molecule has 0 atom stereocenters. The number of nitrogens with two attached hydrogens (primary N) is 1. The van der Waals surface area contributed by atoms with Crippen LogP contribution in [-0.2, 0) is 6.54 Å². The van der Waals surface area contributed by atoms with Gasteiger partial charge in [0.25, 0.3) is 0 Å². The number of anilines is 1. The highest BCUT2D eigenvalue weighted by Crippen LogP contribution is 2.25. The highest BCUT2D eigenvalue weighted by atomic mass is 79.9. The molecule has 100 valence electrons. The van der Waals surface area contributed by atoms with Crippen LogP contribution in [-0.4, -0.2) is 37.1 Å². The molecule has 0 bridgehead atoms.